The summed E-state index contributed by atoms with van der Waals surface area (Å²) in [7, 11) is 0. The molecule has 1 N–H and O–H groups in total. The van der Waals surface area contributed by atoms with Gasteiger partial charge in [0, 0.05) is 5.38 Å². The third-order valence-electron chi connectivity index (χ3n) is 3.36. The van der Waals surface area contributed by atoms with Crippen LogP contribution in [0.3, 0.4) is 0 Å². The van der Waals surface area contributed by atoms with Gasteiger partial charge in [-0.25, -0.2) is 4.98 Å². The molecule has 0 amide bonds. The number of rotatable bonds is 5. The second kappa shape index (κ2) is 6.51. The van der Waals surface area contributed by atoms with Crippen molar-refractivity contribution in [3.8, 4) is 0 Å². The Morgan fingerprint density at radius 2 is 1.80 bits per heavy atom. The van der Waals surface area contributed by atoms with Crippen molar-refractivity contribution in [2.75, 3.05) is 6.54 Å². The van der Waals surface area contributed by atoms with E-state index >= 15 is 0 Å². The largest absolute Gasteiger partial charge is 0.305 e. The normalized spacial score (nSPS) is 12.9. The number of hydrogen-bond donors (Lipinski definition) is 1. The van der Waals surface area contributed by atoms with E-state index in [4.69, 9.17) is 4.98 Å². The Morgan fingerprint density at radius 3 is 2.30 bits per heavy atom. The average molecular weight is 288 g/mol. The van der Waals surface area contributed by atoms with Crippen LogP contribution in [-0.2, 0) is 0 Å². The first-order chi connectivity index (χ1) is 9.51. The molecular formula is C17H24N2S. The van der Waals surface area contributed by atoms with E-state index in [0.717, 1.165) is 6.54 Å². The zero-order valence-electron chi connectivity index (χ0n) is 13.0. The summed E-state index contributed by atoms with van der Waals surface area (Å²) in [4.78, 5) is 4.82. The van der Waals surface area contributed by atoms with Crippen molar-refractivity contribution in [3.05, 3.63) is 51.0 Å². The van der Waals surface area contributed by atoms with Gasteiger partial charge < -0.3 is 5.32 Å². The lowest BCUT2D eigenvalue weighted by molar-refractivity contribution is 0.622. The predicted octanol–water partition coefficient (Wildman–Crippen LogP) is 4.58. The van der Waals surface area contributed by atoms with Gasteiger partial charge in [0.25, 0.3) is 0 Å². The van der Waals surface area contributed by atoms with Gasteiger partial charge >= 0.3 is 0 Å². The Kier molecular flexibility index (Phi) is 4.95. The number of nitrogens with zero attached hydrogens (tertiary/aromatic N) is 1. The summed E-state index contributed by atoms with van der Waals surface area (Å²) in [6, 6.07) is 6.94. The maximum absolute atomic E-state index is 4.82. The maximum atomic E-state index is 4.82. The molecule has 108 valence electrons. The number of nitrogens with one attached hydrogen (secondary N) is 1. The molecule has 0 aliphatic heterocycles. The number of thiazole rings is 1. The van der Waals surface area contributed by atoms with Gasteiger partial charge in [-0.15, -0.1) is 11.3 Å². The molecule has 1 aromatic heterocycles. The van der Waals surface area contributed by atoms with Gasteiger partial charge in [0.2, 0.25) is 0 Å². The quantitative estimate of drug-likeness (QED) is 0.871. The maximum Gasteiger partial charge on any atom is 0.114 e. The van der Waals surface area contributed by atoms with Crippen molar-refractivity contribution in [2.45, 2.75) is 46.6 Å². The predicted molar refractivity (Wildman–Crippen MR) is 87.6 cm³/mol. The van der Waals surface area contributed by atoms with Crippen molar-refractivity contribution >= 4 is 11.3 Å². The van der Waals surface area contributed by atoms with E-state index < -0.39 is 0 Å². The van der Waals surface area contributed by atoms with E-state index in [9.17, 15) is 0 Å². The van der Waals surface area contributed by atoms with Crippen LogP contribution in [0.15, 0.2) is 23.6 Å². The van der Waals surface area contributed by atoms with E-state index in [1.807, 2.05) is 0 Å². The molecule has 20 heavy (non-hydrogen) atoms. The van der Waals surface area contributed by atoms with Crippen molar-refractivity contribution in [3.63, 3.8) is 0 Å². The molecule has 3 heteroatoms. The van der Waals surface area contributed by atoms with E-state index in [1.165, 1.54) is 27.4 Å². The standard InChI is InChI=1S/C17H24N2S/c1-6-18-16(14-8-12(4)7-13(5)9-14)17-19-15(10-20-17)11(2)3/h7-11,16,18H,6H2,1-5H3. The van der Waals surface area contributed by atoms with Crippen LogP contribution in [0.4, 0.5) is 0 Å². The minimum absolute atomic E-state index is 0.205. The van der Waals surface area contributed by atoms with Crippen molar-refractivity contribution < 1.29 is 0 Å². The third kappa shape index (κ3) is 3.47. The monoisotopic (exact) mass is 288 g/mol. The smallest absolute Gasteiger partial charge is 0.114 e. The van der Waals surface area contributed by atoms with Crippen LogP contribution < -0.4 is 5.32 Å². The molecular weight excluding hydrogens is 264 g/mol. The van der Waals surface area contributed by atoms with Gasteiger partial charge in [-0.3, -0.25) is 0 Å². The molecule has 2 rings (SSSR count). The van der Waals surface area contributed by atoms with Gasteiger partial charge in [-0.05, 0) is 31.9 Å². The van der Waals surface area contributed by atoms with Gasteiger partial charge in [0.05, 0.1) is 11.7 Å². The highest BCUT2D eigenvalue weighted by molar-refractivity contribution is 7.09. The van der Waals surface area contributed by atoms with Gasteiger partial charge in [-0.2, -0.15) is 0 Å². The SMILES string of the molecule is CCNC(c1cc(C)cc(C)c1)c1nc(C(C)C)cs1. The third-order valence-corrected chi connectivity index (χ3v) is 4.29. The summed E-state index contributed by atoms with van der Waals surface area (Å²) in [5, 5.41) is 6.92. The highest BCUT2D eigenvalue weighted by Crippen LogP contribution is 2.28. The zero-order valence-corrected chi connectivity index (χ0v) is 13.8. The molecule has 1 heterocycles. The van der Waals surface area contributed by atoms with Crippen LogP contribution in [-0.4, -0.2) is 11.5 Å². The molecule has 0 aliphatic rings. The molecule has 1 aromatic carbocycles. The molecule has 0 saturated heterocycles. The van der Waals surface area contributed by atoms with Crippen LogP contribution in [0.5, 0.6) is 0 Å². The second-order valence-electron chi connectivity index (χ2n) is 5.68. The van der Waals surface area contributed by atoms with Gasteiger partial charge in [-0.1, -0.05) is 50.1 Å². The van der Waals surface area contributed by atoms with Crippen molar-refractivity contribution in [1.29, 1.82) is 0 Å². The zero-order chi connectivity index (χ0) is 14.7. The van der Waals surface area contributed by atoms with Crippen molar-refractivity contribution in [1.82, 2.24) is 10.3 Å². The number of benzene rings is 1. The van der Waals surface area contributed by atoms with Gasteiger partial charge in [0.1, 0.15) is 5.01 Å². The van der Waals surface area contributed by atoms with E-state index in [1.54, 1.807) is 11.3 Å². The lowest BCUT2D eigenvalue weighted by Gasteiger charge is -2.17. The molecule has 2 nitrogen and oxygen atoms in total. The van der Waals surface area contributed by atoms with Crippen LogP contribution in [0, 0.1) is 13.8 Å². The summed E-state index contributed by atoms with van der Waals surface area (Å²) < 4.78 is 0. The van der Waals surface area contributed by atoms with Crippen LogP contribution in [0.1, 0.15) is 60.1 Å². The van der Waals surface area contributed by atoms with E-state index in [-0.39, 0.29) is 6.04 Å². The summed E-state index contributed by atoms with van der Waals surface area (Å²) in [5.41, 5.74) is 5.12. The molecule has 0 fully saturated rings. The number of aromatic nitrogens is 1. The van der Waals surface area contributed by atoms with Crippen molar-refractivity contribution in [2.24, 2.45) is 0 Å². The minimum Gasteiger partial charge on any atom is -0.305 e. The fraction of sp³-hybridized carbons (Fsp3) is 0.471. The average Bonchev–Trinajstić information content (AvgIpc) is 2.84. The number of hydrogen-bond acceptors (Lipinski definition) is 3. The van der Waals surface area contributed by atoms with Crippen LogP contribution in [0.25, 0.3) is 0 Å². The topological polar surface area (TPSA) is 24.9 Å². The molecule has 2 aromatic rings. The fourth-order valence-corrected chi connectivity index (χ4v) is 3.51. The lowest BCUT2D eigenvalue weighted by atomic mass is 10.0. The summed E-state index contributed by atoms with van der Waals surface area (Å²) in [6.07, 6.45) is 0. The Morgan fingerprint density at radius 1 is 1.15 bits per heavy atom. The Balaban J connectivity index is 2.38. The summed E-state index contributed by atoms with van der Waals surface area (Å²) >= 11 is 1.76. The van der Waals surface area contributed by atoms with E-state index in [2.05, 4.69) is 63.5 Å². The highest BCUT2D eigenvalue weighted by atomic mass is 32.1. The first kappa shape index (κ1) is 15.2. The molecule has 0 spiro atoms. The highest BCUT2D eigenvalue weighted by Gasteiger charge is 2.18. The molecule has 0 aliphatic carbocycles. The van der Waals surface area contributed by atoms with E-state index in [0.29, 0.717) is 5.92 Å². The van der Waals surface area contributed by atoms with Gasteiger partial charge in [0.15, 0.2) is 0 Å². The Bertz CT molecular complexity index is 552. The summed E-state index contributed by atoms with van der Waals surface area (Å²) in [5.74, 6) is 0.488. The fourth-order valence-electron chi connectivity index (χ4n) is 2.43. The van der Waals surface area contributed by atoms with Crippen LogP contribution >= 0.6 is 11.3 Å². The number of aryl methyl sites for hydroxylation is 2. The Labute approximate surface area is 126 Å². The van der Waals surface area contributed by atoms with Crippen LogP contribution in [0.2, 0.25) is 0 Å². The Hall–Kier alpha value is -1.19. The lowest BCUT2D eigenvalue weighted by Crippen LogP contribution is -2.22. The molecule has 0 saturated carbocycles. The molecule has 1 unspecified atom stereocenters. The first-order valence-corrected chi connectivity index (χ1v) is 8.16. The molecule has 0 radical (unpaired) electrons. The second-order valence-corrected chi connectivity index (χ2v) is 6.57. The first-order valence-electron chi connectivity index (χ1n) is 7.28. The summed E-state index contributed by atoms with van der Waals surface area (Å²) in [6.45, 7) is 11.8. The minimum atomic E-state index is 0.205. The molecule has 0 bridgehead atoms. The molecule has 1 atom stereocenters.